The molecule has 0 aliphatic carbocycles. The molecule has 3 amide bonds. The first kappa shape index (κ1) is 25.8. The van der Waals surface area contributed by atoms with E-state index >= 15 is 0 Å². The molecule has 0 aromatic heterocycles. The second-order valence-electron chi connectivity index (χ2n) is 10.6. The Kier molecular flexibility index (Phi) is 7.07. The SMILES string of the molecule is Cc1cccc(C)c1NC(=O)C1N(CCCO)C(=O)[C@@H]2[C@H](C(=O)NCc3ccccc3)[C@@H]3CC(C)C12S3. The number of carbonyl (C=O) groups excluding carboxylic acids is 3. The Bertz CT molecular complexity index is 1180. The van der Waals surface area contributed by atoms with Crippen LogP contribution in [0.15, 0.2) is 48.5 Å². The van der Waals surface area contributed by atoms with Gasteiger partial charge in [0.15, 0.2) is 0 Å². The van der Waals surface area contributed by atoms with Crippen molar-refractivity contribution >= 4 is 35.2 Å². The molecule has 0 saturated carbocycles. The van der Waals surface area contributed by atoms with Gasteiger partial charge in [0.05, 0.1) is 16.6 Å². The van der Waals surface area contributed by atoms with Gasteiger partial charge in [0.2, 0.25) is 17.7 Å². The minimum absolute atomic E-state index is 0.00443. The molecule has 37 heavy (non-hydrogen) atoms. The summed E-state index contributed by atoms with van der Waals surface area (Å²) in [4.78, 5) is 43.2. The number of nitrogens with zero attached hydrogens (tertiary/aromatic N) is 1. The van der Waals surface area contributed by atoms with Crippen LogP contribution in [0, 0.1) is 31.6 Å². The number of anilines is 1. The van der Waals surface area contributed by atoms with Gasteiger partial charge >= 0.3 is 0 Å². The highest BCUT2D eigenvalue weighted by molar-refractivity contribution is 8.02. The van der Waals surface area contributed by atoms with Crippen LogP contribution in [-0.4, -0.2) is 56.9 Å². The van der Waals surface area contributed by atoms with Crippen LogP contribution in [0.4, 0.5) is 5.69 Å². The van der Waals surface area contributed by atoms with E-state index in [1.165, 1.54) is 0 Å². The van der Waals surface area contributed by atoms with Crippen molar-refractivity contribution in [3.63, 3.8) is 0 Å². The summed E-state index contributed by atoms with van der Waals surface area (Å²) in [5.74, 6) is -1.41. The topological polar surface area (TPSA) is 98.7 Å². The Morgan fingerprint density at radius 2 is 1.78 bits per heavy atom. The maximum atomic E-state index is 14.0. The molecule has 5 rings (SSSR count). The predicted octanol–water partition coefficient (Wildman–Crippen LogP) is 3.28. The summed E-state index contributed by atoms with van der Waals surface area (Å²) in [6.07, 6.45) is 1.17. The smallest absolute Gasteiger partial charge is 0.248 e. The Labute approximate surface area is 222 Å². The van der Waals surface area contributed by atoms with E-state index in [-0.39, 0.29) is 42.0 Å². The third kappa shape index (κ3) is 4.24. The molecule has 0 radical (unpaired) electrons. The fourth-order valence-electron chi connectivity index (χ4n) is 6.71. The van der Waals surface area contributed by atoms with Crippen LogP contribution in [0.25, 0.3) is 0 Å². The molecule has 3 aliphatic heterocycles. The van der Waals surface area contributed by atoms with Gasteiger partial charge in [-0.3, -0.25) is 14.4 Å². The average Bonchev–Trinajstić information content (AvgIpc) is 3.47. The minimum atomic E-state index is -0.701. The highest BCUT2D eigenvalue weighted by Crippen LogP contribution is 2.68. The van der Waals surface area contributed by atoms with Crippen molar-refractivity contribution in [2.24, 2.45) is 17.8 Å². The normalized spacial score (nSPS) is 29.9. The second-order valence-corrected chi connectivity index (χ2v) is 12.2. The van der Waals surface area contributed by atoms with Gasteiger partial charge < -0.3 is 20.6 Å². The van der Waals surface area contributed by atoms with Gasteiger partial charge in [-0.15, -0.1) is 11.8 Å². The van der Waals surface area contributed by atoms with Crippen molar-refractivity contribution in [3.05, 3.63) is 65.2 Å². The molecule has 3 fully saturated rings. The molecule has 2 aromatic carbocycles. The molecular formula is C29H35N3O4S. The van der Waals surface area contributed by atoms with Gasteiger partial charge in [-0.25, -0.2) is 0 Å². The summed E-state index contributed by atoms with van der Waals surface area (Å²) in [6, 6.07) is 14.9. The molecule has 3 aliphatic rings. The number of nitrogens with one attached hydrogen (secondary N) is 2. The van der Waals surface area contributed by atoms with E-state index in [1.807, 2.05) is 62.4 Å². The van der Waals surface area contributed by atoms with Crippen LogP contribution < -0.4 is 10.6 Å². The largest absolute Gasteiger partial charge is 0.396 e. The summed E-state index contributed by atoms with van der Waals surface area (Å²) in [5, 5.41) is 15.7. The first-order valence-corrected chi connectivity index (χ1v) is 14.0. The number of fused-ring (bicyclic) bond motifs is 1. The number of thioether (sulfide) groups is 1. The number of hydrogen-bond acceptors (Lipinski definition) is 5. The third-order valence-corrected chi connectivity index (χ3v) is 10.5. The number of aliphatic hydroxyl groups excluding tert-OH is 1. The first-order valence-electron chi connectivity index (χ1n) is 13.1. The molecule has 2 aromatic rings. The van der Waals surface area contributed by atoms with Crippen LogP contribution in [0.3, 0.4) is 0 Å². The van der Waals surface area contributed by atoms with E-state index in [4.69, 9.17) is 0 Å². The Morgan fingerprint density at radius 1 is 1.08 bits per heavy atom. The monoisotopic (exact) mass is 521 g/mol. The number of carbonyl (C=O) groups is 3. The lowest BCUT2D eigenvalue weighted by Gasteiger charge is -2.38. The molecule has 2 bridgehead atoms. The van der Waals surface area contributed by atoms with E-state index in [0.29, 0.717) is 13.0 Å². The van der Waals surface area contributed by atoms with Gasteiger partial charge in [0.1, 0.15) is 6.04 Å². The molecule has 3 unspecified atom stereocenters. The summed E-state index contributed by atoms with van der Waals surface area (Å²) < 4.78 is -0.674. The number of aryl methyl sites for hydroxylation is 2. The summed E-state index contributed by atoms with van der Waals surface area (Å²) in [7, 11) is 0. The number of likely N-dealkylation sites (tertiary alicyclic amines) is 1. The third-order valence-electron chi connectivity index (χ3n) is 8.39. The molecule has 8 heteroatoms. The standard InChI is InChI=1S/C29H35N3O4S/c1-17-9-7-10-18(2)24(17)31-27(35)25-29-19(3)15-21(37-29)22(23(29)28(36)32(25)13-8-14-33)26(34)30-16-20-11-5-4-6-12-20/h4-7,9-12,19,21-23,25,33H,8,13-16H2,1-3H3,(H,30,34)(H,31,35)/t19?,21-,22+,23-,25?,29?/m0/s1. The van der Waals surface area contributed by atoms with Gasteiger partial charge in [0.25, 0.3) is 0 Å². The van der Waals surface area contributed by atoms with Crippen LogP contribution in [0.2, 0.25) is 0 Å². The minimum Gasteiger partial charge on any atom is -0.396 e. The van der Waals surface area contributed by atoms with Crippen LogP contribution in [0.5, 0.6) is 0 Å². The molecule has 6 atom stereocenters. The van der Waals surface area contributed by atoms with Gasteiger partial charge in [-0.05, 0) is 49.3 Å². The van der Waals surface area contributed by atoms with Crippen molar-refractivity contribution < 1.29 is 19.5 Å². The lowest BCUT2D eigenvalue weighted by Crippen LogP contribution is -2.55. The number of aliphatic hydroxyl groups is 1. The van der Waals surface area contributed by atoms with Crippen molar-refractivity contribution in [1.29, 1.82) is 0 Å². The van der Waals surface area contributed by atoms with Crippen LogP contribution in [0.1, 0.15) is 36.5 Å². The Hall–Kier alpha value is -2.84. The van der Waals surface area contributed by atoms with E-state index in [2.05, 4.69) is 17.6 Å². The number of para-hydroxylation sites is 1. The van der Waals surface area contributed by atoms with E-state index < -0.39 is 22.6 Å². The molecule has 3 heterocycles. The molecule has 7 nitrogen and oxygen atoms in total. The van der Waals surface area contributed by atoms with Crippen molar-refractivity contribution in [2.75, 3.05) is 18.5 Å². The number of benzene rings is 2. The highest BCUT2D eigenvalue weighted by atomic mass is 32.2. The average molecular weight is 522 g/mol. The maximum absolute atomic E-state index is 14.0. The van der Waals surface area contributed by atoms with Gasteiger partial charge in [-0.1, -0.05) is 55.5 Å². The Balaban J connectivity index is 1.46. The fourth-order valence-corrected chi connectivity index (χ4v) is 9.13. The molecule has 196 valence electrons. The molecule has 3 N–H and O–H groups in total. The van der Waals surface area contributed by atoms with Crippen LogP contribution in [-0.2, 0) is 20.9 Å². The van der Waals surface area contributed by atoms with E-state index in [1.54, 1.807) is 16.7 Å². The number of rotatable bonds is 8. The van der Waals surface area contributed by atoms with E-state index in [0.717, 1.165) is 28.8 Å². The zero-order valence-corrected chi connectivity index (χ0v) is 22.4. The summed E-state index contributed by atoms with van der Waals surface area (Å²) >= 11 is 1.67. The lowest BCUT2D eigenvalue weighted by atomic mass is 9.66. The Morgan fingerprint density at radius 3 is 2.46 bits per heavy atom. The van der Waals surface area contributed by atoms with Crippen LogP contribution >= 0.6 is 11.8 Å². The van der Waals surface area contributed by atoms with Crippen molar-refractivity contribution in [2.45, 2.75) is 56.2 Å². The molecular weight excluding hydrogens is 486 g/mol. The quantitative estimate of drug-likeness (QED) is 0.495. The molecule has 3 saturated heterocycles. The van der Waals surface area contributed by atoms with Crippen molar-refractivity contribution in [3.8, 4) is 0 Å². The number of hydrogen-bond donors (Lipinski definition) is 3. The van der Waals surface area contributed by atoms with Gasteiger partial charge in [0, 0.05) is 30.6 Å². The zero-order chi connectivity index (χ0) is 26.3. The predicted molar refractivity (Wildman–Crippen MR) is 145 cm³/mol. The van der Waals surface area contributed by atoms with Gasteiger partial charge in [-0.2, -0.15) is 0 Å². The second kappa shape index (κ2) is 10.1. The molecule has 1 spiro atoms. The van der Waals surface area contributed by atoms with Crippen molar-refractivity contribution in [1.82, 2.24) is 10.2 Å². The van der Waals surface area contributed by atoms with E-state index in [9.17, 15) is 19.5 Å². The number of amides is 3. The lowest BCUT2D eigenvalue weighted by molar-refractivity contribution is -0.139. The zero-order valence-electron chi connectivity index (χ0n) is 21.6. The highest BCUT2D eigenvalue weighted by Gasteiger charge is 2.75. The first-order chi connectivity index (χ1) is 17.8. The fraction of sp³-hybridized carbons (Fsp3) is 0.483. The summed E-state index contributed by atoms with van der Waals surface area (Å²) in [6.45, 7) is 6.65. The maximum Gasteiger partial charge on any atom is 0.248 e. The summed E-state index contributed by atoms with van der Waals surface area (Å²) in [5.41, 5.74) is 3.69.